The predicted octanol–water partition coefficient (Wildman–Crippen LogP) is 4.40. The molecule has 126 valence electrons. The zero-order chi connectivity index (χ0) is 17.8. The Hall–Kier alpha value is -3.21. The summed E-state index contributed by atoms with van der Waals surface area (Å²) in [6, 6.07) is 15.4. The van der Waals surface area contributed by atoms with Crippen LogP contribution in [0.5, 0.6) is 0 Å². The van der Waals surface area contributed by atoms with Gasteiger partial charge in [-0.05, 0) is 49.6 Å². The second-order valence-electron chi connectivity index (χ2n) is 6.00. The van der Waals surface area contributed by atoms with E-state index in [2.05, 4.69) is 20.6 Å². The molecule has 1 heterocycles. The van der Waals surface area contributed by atoms with E-state index in [-0.39, 0.29) is 5.91 Å². The molecule has 3 aromatic rings. The molecule has 0 fully saturated rings. The second-order valence-corrected chi connectivity index (χ2v) is 6.00. The number of para-hydroxylation sites is 1. The van der Waals surface area contributed by atoms with Crippen molar-refractivity contribution in [2.24, 2.45) is 0 Å². The van der Waals surface area contributed by atoms with Gasteiger partial charge in [-0.2, -0.15) is 0 Å². The highest BCUT2D eigenvalue weighted by Crippen LogP contribution is 2.23. The lowest BCUT2D eigenvalue weighted by atomic mass is 10.1. The molecule has 0 saturated carbocycles. The van der Waals surface area contributed by atoms with Crippen LogP contribution >= 0.6 is 0 Å². The van der Waals surface area contributed by atoms with Crippen molar-refractivity contribution in [3.63, 3.8) is 0 Å². The Morgan fingerprint density at radius 2 is 1.64 bits per heavy atom. The molecule has 0 radical (unpaired) electrons. The SMILES string of the molecule is Cc1cccc(NC(=O)c2cc(Nc3c(C)cccc3C)ncn2)c1. The van der Waals surface area contributed by atoms with Crippen LogP contribution in [0.1, 0.15) is 27.2 Å². The third-order valence-electron chi connectivity index (χ3n) is 3.91. The molecule has 5 nitrogen and oxygen atoms in total. The summed E-state index contributed by atoms with van der Waals surface area (Å²) in [7, 11) is 0. The predicted molar refractivity (Wildman–Crippen MR) is 100 cm³/mol. The standard InChI is InChI=1S/C20H20N4O/c1-13-6-4-9-16(10-13)23-20(25)17-11-18(22-12-21-17)24-19-14(2)7-5-8-15(19)3/h4-12H,1-3H3,(H,23,25)(H,21,22,24). The highest BCUT2D eigenvalue weighted by Gasteiger charge is 2.10. The number of rotatable bonds is 4. The molecule has 0 atom stereocenters. The van der Waals surface area contributed by atoms with Crippen LogP contribution in [-0.4, -0.2) is 15.9 Å². The van der Waals surface area contributed by atoms with Gasteiger partial charge in [-0.1, -0.05) is 30.3 Å². The van der Waals surface area contributed by atoms with E-state index in [9.17, 15) is 4.79 Å². The Balaban J connectivity index is 1.80. The largest absolute Gasteiger partial charge is 0.340 e. The summed E-state index contributed by atoms with van der Waals surface area (Å²) < 4.78 is 0. The van der Waals surface area contributed by atoms with Crippen LogP contribution in [0.3, 0.4) is 0 Å². The minimum absolute atomic E-state index is 0.266. The van der Waals surface area contributed by atoms with Crippen molar-refractivity contribution in [2.75, 3.05) is 10.6 Å². The van der Waals surface area contributed by atoms with Crippen molar-refractivity contribution >= 4 is 23.1 Å². The van der Waals surface area contributed by atoms with Crippen molar-refractivity contribution in [3.8, 4) is 0 Å². The Morgan fingerprint density at radius 3 is 2.36 bits per heavy atom. The van der Waals surface area contributed by atoms with Crippen molar-refractivity contribution in [1.29, 1.82) is 0 Å². The topological polar surface area (TPSA) is 66.9 Å². The van der Waals surface area contributed by atoms with Gasteiger partial charge in [-0.25, -0.2) is 9.97 Å². The van der Waals surface area contributed by atoms with Crippen molar-refractivity contribution < 1.29 is 4.79 Å². The van der Waals surface area contributed by atoms with E-state index in [1.165, 1.54) is 6.33 Å². The van der Waals surface area contributed by atoms with Crippen LogP contribution < -0.4 is 10.6 Å². The zero-order valence-electron chi connectivity index (χ0n) is 14.5. The fraction of sp³-hybridized carbons (Fsp3) is 0.150. The molecule has 0 aliphatic carbocycles. The molecule has 25 heavy (non-hydrogen) atoms. The molecule has 0 aliphatic rings. The number of amides is 1. The summed E-state index contributed by atoms with van der Waals surface area (Å²) in [6.45, 7) is 6.04. The first kappa shape index (κ1) is 16.6. The number of nitrogens with zero attached hydrogens (tertiary/aromatic N) is 2. The third-order valence-corrected chi connectivity index (χ3v) is 3.91. The van der Waals surface area contributed by atoms with Crippen molar-refractivity contribution in [1.82, 2.24) is 9.97 Å². The number of aromatic nitrogens is 2. The van der Waals surface area contributed by atoms with Gasteiger partial charge < -0.3 is 10.6 Å². The van der Waals surface area contributed by atoms with Crippen LogP contribution in [0.25, 0.3) is 0 Å². The first-order valence-electron chi connectivity index (χ1n) is 8.06. The lowest BCUT2D eigenvalue weighted by Crippen LogP contribution is -2.14. The first-order valence-corrected chi connectivity index (χ1v) is 8.06. The van der Waals surface area contributed by atoms with Crippen molar-refractivity contribution in [2.45, 2.75) is 20.8 Å². The van der Waals surface area contributed by atoms with Gasteiger partial charge in [0.1, 0.15) is 17.8 Å². The first-order chi connectivity index (χ1) is 12.0. The van der Waals surface area contributed by atoms with Crippen molar-refractivity contribution in [3.05, 3.63) is 77.2 Å². The molecule has 2 aromatic carbocycles. The quantitative estimate of drug-likeness (QED) is 0.743. The van der Waals surface area contributed by atoms with E-state index in [1.54, 1.807) is 6.07 Å². The third kappa shape index (κ3) is 4.01. The lowest BCUT2D eigenvalue weighted by Gasteiger charge is -2.12. The number of aryl methyl sites for hydroxylation is 3. The maximum Gasteiger partial charge on any atom is 0.274 e. The molecular weight excluding hydrogens is 312 g/mol. The maximum absolute atomic E-state index is 12.4. The molecule has 0 spiro atoms. The van der Waals surface area contributed by atoms with Gasteiger partial charge in [-0.3, -0.25) is 4.79 Å². The van der Waals surface area contributed by atoms with Gasteiger partial charge in [-0.15, -0.1) is 0 Å². The Bertz CT molecular complexity index is 901. The highest BCUT2D eigenvalue weighted by atomic mass is 16.1. The van der Waals surface area contributed by atoms with Gasteiger partial charge in [0.2, 0.25) is 0 Å². The summed E-state index contributed by atoms with van der Waals surface area (Å²) in [5.41, 5.74) is 5.36. The van der Waals surface area contributed by atoms with E-state index in [0.717, 1.165) is 28.1 Å². The number of nitrogens with one attached hydrogen (secondary N) is 2. The Labute approximate surface area is 147 Å². The Kier molecular flexibility index (Phi) is 4.75. The molecular formula is C20H20N4O. The van der Waals surface area contributed by atoms with Crippen LogP contribution in [0.15, 0.2) is 54.9 Å². The lowest BCUT2D eigenvalue weighted by molar-refractivity contribution is 0.102. The molecule has 5 heteroatoms. The minimum atomic E-state index is -0.266. The fourth-order valence-electron chi connectivity index (χ4n) is 2.61. The molecule has 2 N–H and O–H groups in total. The molecule has 0 unspecified atom stereocenters. The highest BCUT2D eigenvalue weighted by molar-refractivity contribution is 6.03. The van der Waals surface area contributed by atoms with Gasteiger partial charge in [0.05, 0.1) is 0 Å². The molecule has 1 amide bonds. The molecule has 0 aliphatic heterocycles. The van der Waals surface area contributed by atoms with E-state index in [4.69, 9.17) is 0 Å². The number of hydrogen-bond donors (Lipinski definition) is 2. The molecule has 0 bridgehead atoms. The molecule has 0 saturated heterocycles. The average Bonchev–Trinajstić information content (AvgIpc) is 2.58. The van der Waals surface area contributed by atoms with Crippen LogP contribution in [0.2, 0.25) is 0 Å². The number of hydrogen-bond acceptors (Lipinski definition) is 4. The van der Waals surface area contributed by atoms with E-state index >= 15 is 0 Å². The average molecular weight is 332 g/mol. The van der Waals surface area contributed by atoms with Gasteiger partial charge in [0, 0.05) is 17.4 Å². The summed E-state index contributed by atoms with van der Waals surface area (Å²) in [6.07, 6.45) is 1.39. The van der Waals surface area contributed by atoms with Gasteiger partial charge >= 0.3 is 0 Å². The maximum atomic E-state index is 12.4. The summed E-state index contributed by atoms with van der Waals surface area (Å²) >= 11 is 0. The van der Waals surface area contributed by atoms with E-state index in [1.807, 2.05) is 63.2 Å². The number of benzene rings is 2. The van der Waals surface area contributed by atoms with Crippen LogP contribution in [0, 0.1) is 20.8 Å². The summed E-state index contributed by atoms with van der Waals surface area (Å²) in [5, 5.41) is 6.13. The minimum Gasteiger partial charge on any atom is -0.340 e. The zero-order valence-corrected chi connectivity index (χ0v) is 14.5. The number of carbonyl (C=O) groups is 1. The van der Waals surface area contributed by atoms with Crippen LogP contribution in [-0.2, 0) is 0 Å². The molecule has 1 aromatic heterocycles. The van der Waals surface area contributed by atoms with E-state index < -0.39 is 0 Å². The molecule has 3 rings (SSSR count). The van der Waals surface area contributed by atoms with Gasteiger partial charge in [0.15, 0.2) is 0 Å². The Morgan fingerprint density at radius 1 is 0.920 bits per heavy atom. The van der Waals surface area contributed by atoms with Gasteiger partial charge in [0.25, 0.3) is 5.91 Å². The summed E-state index contributed by atoms with van der Waals surface area (Å²) in [5.74, 6) is 0.319. The monoisotopic (exact) mass is 332 g/mol. The normalized spacial score (nSPS) is 10.4. The smallest absolute Gasteiger partial charge is 0.274 e. The van der Waals surface area contributed by atoms with E-state index in [0.29, 0.717) is 11.5 Å². The number of anilines is 3. The fourth-order valence-corrected chi connectivity index (χ4v) is 2.61. The van der Waals surface area contributed by atoms with Crippen LogP contribution in [0.4, 0.5) is 17.2 Å². The second kappa shape index (κ2) is 7.13. The number of carbonyl (C=O) groups excluding carboxylic acids is 1. The summed E-state index contributed by atoms with van der Waals surface area (Å²) in [4.78, 5) is 20.7.